The van der Waals surface area contributed by atoms with Crippen LogP contribution in [0.4, 0.5) is 0 Å². The van der Waals surface area contributed by atoms with Crippen LogP contribution >= 0.6 is 11.3 Å². The highest BCUT2D eigenvalue weighted by Crippen LogP contribution is 2.47. The largest absolute Gasteiger partial charge is 0.241 e. The van der Waals surface area contributed by atoms with Crippen molar-refractivity contribution in [3.8, 4) is 16.6 Å². The lowest BCUT2D eigenvalue weighted by atomic mass is 9.68. The van der Waals surface area contributed by atoms with Crippen molar-refractivity contribution in [1.29, 1.82) is 5.26 Å². The average molecular weight is 254 g/mol. The lowest BCUT2D eigenvalue weighted by Gasteiger charge is -2.34. The highest BCUT2D eigenvalue weighted by molar-refractivity contribution is 7.15. The summed E-state index contributed by atoms with van der Waals surface area (Å²) >= 11 is 1.69. The number of nitriles is 1. The fourth-order valence-electron chi connectivity index (χ4n) is 2.46. The van der Waals surface area contributed by atoms with Crippen LogP contribution in [-0.4, -0.2) is 4.98 Å². The number of rotatable bonds is 2. The molecular weight excluding hydrogens is 240 g/mol. The normalized spacial score (nSPS) is 16.9. The maximum atomic E-state index is 9.42. The second-order valence-corrected chi connectivity index (χ2v) is 5.85. The number of nitrogens with zero attached hydrogens (tertiary/aromatic N) is 2. The van der Waals surface area contributed by atoms with E-state index in [1.165, 1.54) is 4.88 Å². The summed E-state index contributed by atoms with van der Waals surface area (Å²) in [6, 6.07) is 12.7. The number of aromatic nitrogens is 1. The van der Waals surface area contributed by atoms with E-state index in [0.717, 1.165) is 35.5 Å². The number of benzene rings is 1. The molecule has 1 aromatic carbocycles. The van der Waals surface area contributed by atoms with E-state index in [2.05, 4.69) is 23.2 Å². The molecule has 1 fully saturated rings. The highest BCUT2D eigenvalue weighted by Gasteiger charge is 2.42. The standard InChI is InChI=1S/C15H14N2S/c1-11-13(15(10-16)8-5-9-15)18-14(17-11)12-6-3-2-4-7-12/h2-4,6-7H,5,8-9H2,1H3. The van der Waals surface area contributed by atoms with Crippen LogP contribution in [0.3, 0.4) is 0 Å². The van der Waals surface area contributed by atoms with E-state index < -0.39 is 0 Å². The van der Waals surface area contributed by atoms with Crippen LogP contribution in [-0.2, 0) is 5.41 Å². The molecule has 2 aromatic rings. The fourth-order valence-corrected chi connectivity index (χ4v) is 3.73. The maximum Gasteiger partial charge on any atom is 0.123 e. The zero-order chi connectivity index (χ0) is 12.6. The molecule has 0 saturated heterocycles. The first-order valence-corrected chi connectivity index (χ1v) is 7.01. The molecule has 0 spiro atoms. The minimum absolute atomic E-state index is 0.241. The molecule has 0 amide bonds. The van der Waals surface area contributed by atoms with Gasteiger partial charge in [0.15, 0.2) is 0 Å². The first-order chi connectivity index (χ1) is 8.75. The summed E-state index contributed by atoms with van der Waals surface area (Å²) in [5.74, 6) is 0. The third-order valence-electron chi connectivity index (χ3n) is 3.67. The van der Waals surface area contributed by atoms with Gasteiger partial charge >= 0.3 is 0 Å². The monoisotopic (exact) mass is 254 g/mol. The highest BCUT2D eigenvalue weighted by atomic mass is 32.1. The van der Waals surface area contributed by atoms with Gasteiger partial charge in [-0.3, -0.25) is 0 Å². The molecular formula is C15H14N2S. The summed E-state index contributed by atoms with van der Waals surface area (Å²) in [6.45, 7) is 2.02. The number of hydrogen-bond acceptors (Lipinski definition) is 3. The van der Waals surface area contributed by atoms with Gasteiger partial charge in [-0.25, -0.2) is 4.98 Å². The first-order valence-electron chi connectivity index (χ1n) is 6.20. The van der Waals surface area contributed by atoms with Gasteiger partial charge in [0.25, 0.3) is 0 Å². The van der Waals surface area contributed by atoms with Gasteiger partial charge in [-0.05, 0) is 26.2 Å². The van der Waals surface area contributed by atoms with Crippen LogP contribution < -0.4 is 0 Å². The molecule has 1 heterocycles. The zero-order valence-electron chi connectivity index (χ0n) is 10.3. The SMILES string of the molecule is Cc1nc(-c2ccccc2)sc1C1(C#N)CCC1. The van der Waals surface area contributed by atoms with Gasteiger partial charge in [0, 0.05) is 10.4 Å². The fraction of sp³-hybridized carbons (Fsp3) is 0.333. The van der Waals surface area contributed by atoms with Gasteiger partial charge in [0.2, 0.25) is 0 Å². The maximum absolute atomic E-state index is 9.42. The number of aryl methyl sites for hydroxylation is 1. The van der Waals surface area contributed by atoms with E-state index in [1.807, 2.05) is 25.1 Å². The second-order valence-electron chi connectivity index (χ2n) is 4.85. The first kappa shape index (κ1) is 11.4. The predicted octanol–water partition coefficient (Wildman–Crippen LogP) is 4.06. The van der Waals surface area contributed by atoms with Gasteiger partial charge in [-0.15, -0.1) is 11.3 Å². The molecule has 1 aliphatic carbocycles. The van der Waals surface area contributed by atoms with E-state index in [-0.39, 0.29) is 5.41 Å². The number of hydrogen-bond donors (Lipinski definition) is 0. The van der Waals surface area contributed by atoms with E-state index in [4.69, 9.17) is 0 Å². The topological polar surface area (TPSA) is 36.7 Å². The molecule has 0 atom stereocenters. The summed E-state index contributed by atoms with van der Waals surface area (Å²) in [5, 5.41) is 10.5. The Labute approximate surface area is 111 Å². The molecule has 0 unspecified atom stereocenters. The molecule has 1 saturated carbocycles. The summed E-state index contributed by atoms with van der Waals surface area (Å²) in [4.78, 5) is 5.82. The Kier molecular flexibility index (Phi) is 2.68. The van der Waals surface area contributed by atoms with Crippen molar-refractivity contribution in [2.24, 2.45) is 0 Å². The van der Waals surface area contributed by atoms with Crippen molar-refractivity contribution in [3.63, 3.8) is 0 Å². The second kappa shape index (κ2) is 4.22. The van der Waals surface area contributed by atoms with Crippen molar-refractivity contribution in [2.45, 2.75) is 31.6 Å². The lowest BCUT2D eigenvalue weighted by Crippen LogP contribution is -2.31. The molecule has 2 nitrogen and oxygen atoms in total. The van der Waals surface area contributed by atoms with Crippen LogP contribution in [0.5, 0.6) is 0 Å². The molecule has 0 radical (unpaired) electrons. The summed E-state index contributed by atoms with van der Waals surface area (Å²) in [7, 11) is 0. The Morgan fingerprint density at radius 3 is 2.56 bits per heavy atom. The molecule has 1 aromatic heterocycles. The minimum Gasteiger partial charge on any atom is -0.241 e. The van der Waals surface area contributed by atoms with E-state index in [0.29, 0.717) is 0 Å². The molecule has 0 aliphatic heterocycles. The van der Waals surface area contributed by atoms with Gasteiger partial charge in [0.1, 0.15) is 5.01 Å². The van der Waals surface area contributed by atoms with Crippen molar-refractivity contribution in [2.75, 3.05) is 0 Å². The summed E-state index contributed by atoms with van der Waals surface area (Å²) < 4.78 is 0. The van der Waals surface area contributed by atoms with Crippen molar-refractivity contribution < 1.29 is 0 Å². The van der Waals surface area contributed by atoms with E-state index >= 15 is 0 Å². The van der Waals surface area contributed by atoms with Gasteiger partial charge in [-0.1, -0.05) is 30.3 Å². The zero-order valence-corrected chi connectivity index (χ0v) is 11.1. The Morgan fingerprint density at radius 1 is 1.28 bits per heavy atom. The minimum atomic E-state index is -0.241. The van der Waals surface area contributed by atoms with Crippen molar-refractivity contribution in [1.82, 2.24) is 4.98 Å². The van der Waals surface area contributed by atoms with E-state index in [9.17, 15) is 5.26 Å². The molecule has 3 rings (SSSR count). The lowest BCUT2D eigenvalue weighted by molar-refractivity contribution is 0.328. The van der Waals surface area contributed by atoms with Crippen molar-refractivity contribution >= 4 is 11.3 Å². The van der Waals surface area contributed by atoms with Gasteiger partial charge in [-0.2, -0.15) is 5.26 Å². The van der Waals surface area contributed by atoms with Crippen LogP contribution in [0, 0.1) is 18.3 Å². The smallest absolute Gasteiger partial charge is 0.123 e. The molecule has 18 heavy (non-hydrogen) atoms. The molecule has 3 heteroatoms. The molecule has 90 valence electrons. The van der Waals surface area contributed by atoms with Gasteiger partial charge in [0.05, 0.1) is 17.2 Å². The molecule has 1 aliphatic rings. The summed E-state index contributed by atoms with van der Waals surface area (Å²) in [5.41, 5.74) is 1.93. The van der Waals surface area contributed by atoms with Crippen molar-refractivity contribution in [3.05, 3.63) is 40.9 Å². The predicted molar refractivity (Wildman–Crippen MR) is 73.4 cm³/mol. The van der Waals surface area contributed by atoms with Crippen LogP contribution in [0.15, 0.2) is 30.3 Å². The van der Waals surface area contributed by atoms with E-state index in [1.54, 1.807) is 11.3 Å². The quantitative estimate of drug-likeness (QED) is 0.810. The molecule has 0 bridgehead atoms. The van der Waals surface area contributed by atoms with Gasteiger partial charge < -0.3 is 0 Å². The third kappa shape index (κ3) is 1.65. The summed E-state index contributed by atoms with van der Waals surface area (Å²) in [6.07, 6.45) is 3.13. The molecule has 0 N–H and O–H groups in total. The van der Waals surface area contributed by atoms with Crippen LogP contribution in [0.25, 0.3) is 10.6 Å². The Hall–Kier alpha value is -1.66. The number of thiazole rings is 1. The Bertz CT molecular complexity index is 603. The third-order valence-corrected chi connectivity index (χ3v) is 5.08. The Balaban J connectivity index is 2.05. The van der Waals surface area contributed by atoms with Crippen LogP contribution in [0.2, 0.25) is 0 Å². The van der Waals surface area contributed by atoms with Crippen LogP contribution in [0.1, 0.15) is 29.8 Å². The Morgan fingerprint density at radius 2 is 2.00 bits per heavy atom. The average Bonchev–Trinajstić information content (AvgIpc) is 2.73.